The molecule has 0 bridgehead atoms. The lowest BCUT2D eigenvalue weighted by atomic mass is 10.1. The molecule has 0 radical (unpaired) electrons. The van der Waals surface area contributed by atoms with Crippen LogP contribution in [0.2, 0.25) is 0 Å². The highest BCUT2D eigenvalue weighted by molar-refractivity contribution is 9.10. The van der Waals surface area contributed by atoms with Crippen molar-refractivity contribution in [2.45, 2.75) is 13.1 Å². The molecule has 1 N–H and O–H groups in total. The van der Waals surface area contributed by atoms with Gasteiger partial charge in [0.25, 0.3) is 5.91 Å². The van der Waals surface area contributed by atoms with Crippen LogP contribution in [0.4, 0.5) is 0 Å². The highest BCUT2D eigenvalue weighted by atomic mass is 79.9. The van der Waals surface area contributed by atoms with E-state index < -0.39 is 0 Å². The predicted octanol–water partition coefficient (Wildman–Crippen LogP) is 3.31. The van der Waals surface area contributed by atoms with Gasteiger partial charge < -0.3 is 10.0 Å². The number of benzene rings is 2. The number of halogens is 1. The summed E-state index contributed by atoms with van der Waals surface area (Å²) in [5.41, 5.74) is 2.85. The van der Waals surface area contributed by atoms with E-state index in [1.54, 1.807) is 12.1 Å². The summed E-state index contributed by atoms with van der Waals surface area (Å²) in [7, 11) is 0. The first-order chi connectivity index (χ1) is 9.13. The van der Waals surface area contributed by atoms with Crippen molar-refractivity contribution in [3.8, 4) is 5.75 Å². The van der Waals surface area contributed by atoms with E-state index in [9.17, 15) is 9.90 Å². The van der Waals surface area contributed by atoms with Gasteiger partial charge in [0.2, 0.25) is 0 Å². The average molecular weight is 318 g/mol. The van der Waals surface area contributed by atoms with Gasteiger partial charge in [-0.1, -0.05) is 34.1 Å². The van der Waals surface area contributed by atoms with E-state index in [2.05, 4.69) is 15.9 Å². The molecule has 1 heterocycles. The van der Waals surface area contributed by atoms with Crippen LogP contribution in [0, 0.1) is 0 Å². The number of fused-ring (bicyclic) bond motifs is 1. The molecule has 3 nitrogen and oxygen atoms in total. The van der Waals surface area contributed by atoms with Crippen LogP contribution in [-0.4, -0.2) is 15.9 Å². The minimum atomic E-state index is 0.0596. The fraction of sp³-hybridized carbons (Fsp3) is 0.133. The lowest BCUT2D eigenvalue weighted by molar-refractivity contribution is 0.0766. The van der Waals surface area contributed by atoms with E-state index >= 15 is 0 Å². The van der Waals surface area contributed by atoms with Crippen molar-refractivity contribution in [2.75, 3.05) is 0 Å². The molecule has 4 heteroatoms. The maximum absolute atomic E-state index is 12.3. The van der Waals surface area contributed by atoms with E-state index in [0.29, 0.717) is 13.1 Å². The summed E-state index contributed by atoms with van der Waals surface area (Å²) in [6, 6.07) is 12.8. The fourth-order valence-corrected chi connectivity index (χ4v) is 2.64. The van der Waals surface area contributed by atoms with Gasteiger partial charge in [0.1, 0.15) is 5.75 Å². The first-order valence-corrected chi connectivity index (χ1v) is 6.78. The maximum atomic E-state index is 12.3. The zero-order valence-electron chi connectivity index (χ0n) is 10.1. The van der Waals surface area contributed by atoms with Crippen molar-refractivity contribution in [1.29, 1.82) is 0 Å². The van der Waals surface area contributed by atoms with Crippen molar-refractivity contribution in [2.24, 2.45) is 0 Å². The van der Waals surface area contributed by atoms with Gasteiger partial charge in [0, 0.05) is 23.1 Å². The van der Waals surface area contributed by atoms with Crippen LogP contribution in [0.3, 0.4) is 0 Å². The molecule has 0 aliphatic carbocycles. The number of carbonyl (C=O) groups excluding carboxylic acids is 1. The van der Waals surface area contributed by atoms with Crippen molar-refractivity contribution >= 4 is 21.8 Å². The quantitative estimate of drug-likeness (QED) is 0.923. The topological polar surface area (TPSA) is 40.5 Å². The summed E-state index contributed by atoms with van der Waals surface area (Å²) in [4.78, 5) is 14.1. The number of carbonyl (C=O) groups is 1. The van der Waals surface area contributed by atoms with Gasteiger partial charge >= 0.3 is 0 Å². The Labute approximate surface area is 119 Å². The van der Waals surface area contributed by atoms with Crippen molar-refractivity contribution in [1.82, 2.24) is 4.90 Å². The molecule has 96 valence electrons. The summed E-state index contributed by atoms with van der Waals surface area (Å²) < 4.78 is 0.922. The number of phenols is 1. The predicted molar refractivity (Wildman–Crippen MR) is 75.8 cm³/mol. The molecule has 0 atom stereocenters. The second kappa shape index (κ2) is 4.70. The average Bonchev–Trinajstić information content (AvgIpc) is 2.70. The number of aromatic hydroxyl groups is 1. The molecule has 0 fully saturated rings. The monoisotopic (exact) mass is 317 g/mol. The summed E-state index contributed by atoms with van der Waals surface area (Å²) in [6.07, 6.45) is 0. The second-order valence-electron chi connectivity index (χ2n) is 4.63. The summed E-state index contributed by atoms with van der Waals surface area (Å²) in [5.74, 6) is 0.299. The number of hydrogen-bond acceptors (Lipinski definition) is 2. The fourth-order valence-electron chi connectivity index (χ4n) is 2.28. The Kier molecular flexibility index (Phi) is 3.03. The van der Waals surface area contributed by atoms with Crippen LogP contribution < -0.4 is 0 Å². The number of nitrogens with zero attached hydrogens (tertiary/aromatic N) is 1. The minimum absolute atomic E-state index is 0.0596. The molecule has 1 aliphatic rings. The van der Waals surface area contributed by atoms with Crippen LogP contribution in [0.1, 0.15) is 21.5 Å². The Morgan fingerprint density at radius 2 is 1.89 bits per heavy atom. The molecule has 2 aromatic rings. The Morgan fingerprint density at radius 3 is 2.63 bits per heavy atom. The molecule has 0 saturated heterocycles. The minimum Gasteiger partial charge on any atom is -0.508 e. The molecule has 19 heavy (non-hydrogen) atoms. The molecule has 0 aromatic heterocycles. The van der Waals surface area contributed by atoms with Gasteiger partial charge in [-0.2, -0.15) is 0 Å². The maximum Gasteiger partial charge on any atom is 0.254 e. The molecule has 3 rings (SSSR count). The van der Waals surface area contributed by atoms with Gasteiger partial charge in [0.05, 0.1) is 0 Å². The highest BCUT2D eigenvalue weighted by Gasteiger charge is 2.27. The highest BCUT2D eigenvalue weighted by Crippen LogP contribution is 2.27. The Morgan fingerprint density at radius 1 is 1.16 bits per heavy atom. The van der Waals surface area contributed by atoms with E-state index in [1.807, 2.05) is 35.2 Å². The van der Waals surface area contributed by atoms with Crippen LogP contribution >= 0.6 is 15.9 Å². The van der Waals surface area contributed by atoms with Crippen molar-refractivity contribution < 1.29 is 9.90 Å². The lowest BCUT2D eigenvalue weighted by Gasteiger charge is -2.15. The summed E-state index contributed by atoms with van der Waals surface area (Å²) >= 11 is 3.39. The zero-order valence-corrected chi connectivity index (χ0v) is 11.7. The van der Waals surface area contributed by atoms with Gasteiger partial charge in [-0.05, 0) is 35.4 Å². The third kappa shape index (κ3) is 2.36. The molecule has 2 aromatic carbocycles. The van der Waals surface area contributed by atoms with Gasteiger partial charge in [-0.25, -0.2) is 0 Å². The van der Waals surface area contributed by atoms with E-state index in [-0.39, 0.29) is 11.7 Å². The molecular formula is C15H12BrNO2. The van der Waals surface area contributed by atoms with Crippen molar-refractivity contribution in [3.05, 3.63) is 63.6 Å². The van der Waals surface area contributed by atoms with Crippen LogP contribution in [-0.2, 0) is 13.1 Å². The zero-order chi connectivity index (χ0) is 13.4. The number of rotatable bonds is 2. The lowest BCUT2D eigenvalue weighted by Crippen LogP contribution is -2.23. The summed E-state index contributed by atoms with van der Waals surface area (Å²) in [5, 5.41) is 9.26. The van der Waals surface area contributed by atoms with Gasteiger partial charge in [0.15, 0.2) is 0 Å². The molecule has 0 saturated carbocycles. The molecule has 0 spiro atoms. The first kappa shape index (κ1) is 12.2. The number of phenolic OH excluding ortho intramolecular Hbond substituents is 1. The van der Waals surface area contributed by atoms with E-state index in [0.717, 1.165) is 21.2 Å². The van der Waals surface area contributed by atoms with Gasteiger partial charge in [-0.3, -0.25) is 4.79 Å². The summed E-state index contributed by atoms with van der Waals surface area (Å²) in [6.45, 7) is 1.20. The molecule has 1 aliphatic heterocycles. The first-order valence-electron chi connectivity index (χ1n) is 5.99. The third-order valence-electron chi connectivity index (χ3n) is 3.26. The van der Waals surface area contributed by atoms with Gasteiger partial charge in [-0.15, -0.1) is 0 Å². The molecule has 1 amide bonds. The Bertz CT molecular complexity index is 637. The second-order valence-corrected chi connectivity index (χ2v) is 5.54. The van der Waals surface area contributed by atoms with Crippen LogP contribution in [0.15, 0.2) is 46.9 Å². The smallest absolute Gasteiger partial charge is 0.254 e. The van der Waals surface area contributed by atoms with E-state index in [4.69, 9.17) is 0 Å². The Balaban J connectivity index is 1.82. The molecular weight excluding hydrogens is 306 g/mol. The SMILES string of the molecule is O=C1c2cc(Br)ccc2CN1Cc1ccc(O)cc1. The van der Waals surface area contributed by atoms with Crippen molar-refractivity contribution in [3.63, 3.8) is 0 Å². The third-order valence-corrected chi connectivity index (χ3v) is 3.75. The standard InChI is InChI=1S/C15H12BrNO2/c16-12-4-3-11-9-17(15(19)14(11)7-12)8-10-1-5-13(18)6-2-10/h1-7,18H,8-9H2. The normalized spacial score (nSPS) is 13.7. The van der Waals surface area contributed by atoms with E-state index in [1.165, 1.54) is 0 Å². The number of amides is 1. The van der Waals surface area contributed by atoms with Crippen LogP contribution in [0.5, 0.6) is 5.75 Å². The Hall–Kier alpha value is -1.81. The van der Waals surface area contributed by atoms with Crippen LogP contribution in [0.25, 0.3) is 0 Å². The molecule has 0 unspecified atom stereocenters. The number of hydrogen-bond donors (Lipinski definition) is 1. The largest absolute Gasteiger partial charge is 0.508 e.